The Balaban J connectivity index is 1.79. The van der Waals surface area contributed by atoms with Crippen molar-refractivity contribution in [3.05, 3.63) is 70.1 Å². The number of benzene rings is 1. The molecule has 0 radical (unpaired) electrons. The highest BCUT2D eigenvalue weighted by molar-refractivity contribution is 5.94. The maximum absolute atomic E-state index is 12.6. The minimum absolute atomic E-state index is 0.0368. The summed E-state index contributed by atoms with van der Waals surface area (Å²) in [7, 11) is 2.08. The number of hydrogen-bond donors (Lipinski definition) is 1. The van der Waals surface area contributed by atoms with Crippen LogP contribution in [0.4, 0.5) is 0 Å². The third-order valence-electron chi connectivity index (χ3n) is 4.15. The molecule has 1 aliphatic heterocycles. The van der Waals surface area contributed by atoms with Gasteiger partial charge in [0.2, 0.25) is 5.56 Å². The summed E-state index contributed by atoms with van der Waals surface area (Å²) in [6, 6.07) is 13.4. The predicted octanol–water partition coefficient (Wildman–Crippen LogP) is 1.50. The fourth-order valence-electron chi connectivity index (χ4n) is 2.82. The number of rotatable bonds is 2. The zero-order valence-corrected chi connectivity index (χ0v) is 12.5. The maximum Gasteiger partial charge on any atom is 0.255 e. The first kappa shape index (κ1) is 14.5. The van der Waals surface area contributed by atoms with E-state index >= 15 is 0 Å². The van der Waals surface area contributed by atoms with Crippen LogP contribution in [0.3, 0.4) is 0 Å². The summed E-state index contributed by atoms with van der Waals surface area (Å²) in [4.78, 5) is 30.4. The Morgan fingerprint density at radius 2 is 1.91 bits per heavy atom. The first-order valence-electron chi connectivity index (χ1n) is 7.38. The Bertz CT molecular complexity index is 691. The zero-order chi connectivity index (χ0) is 15.5. The van der Waals surface area contributed by atoms with Crippen molar-refractivity contribution < 1.29 is 4.79 Å². The monoisotopic (exact) mass is 297 g/mol. The lowest BCUT2D eigenvalue weighted by Crippen LogP contribution is -2.49. The van der Waals surface area contributed by atoms with Crippen LogP contribution in [-0.4, -0.2) is 47.4 Å². The number of hydrogen-bond acceptors (Lipinski definition) is 3. The number of aromatic amines is 1. The van der Waals surface area contributed by atoms with E-state index in [-0.39, 0.29) is 17.5 Å². The van der Waals surface area contributed by atoms with Crippen molar-refractivity contribution in [1.82, 2.24) is 14.8 Å². The largest absolute Gasteiger partial charge is 0.335 e. The summed E-state index contributed by atoms with van der Waals surface area (Å²) in [6.45, 7) is 2.17. The topological polar surface area (TPSA) is 56.4 Å². The van der Waals surface area contributed by atoms with E-state index in [9.17, 15) is 9.59 Å². The number of carbonyl (C=O) groups excluding carboxylic acids is 1. The Labute approximate surface area is 129 Å². The SMILES string of the molecule is CN1CCN(C(=O)c2ccc(=O)[nH]c2)C[C@H]1c1ccccc1. The second-order valence-corrected chi connectivity index (χ2v) is 5.60. The molecular formula is C17H19N3O2. The predicted molar refractivity (Wildman–Crippen MR) is 84.8 cm³/mol. The van der Waals surface area contributed by atoms with Gasteiger partial charge in [0, 0.05) is 31.9 Å². The van der Waals surface area contributed by atoms with Gasteiger partial charge in [0.25, 0.3) is 5.91 Å². The molecule has 1 N–H and O–H groups in total. The summed E-state index contributed by atoms with van der Waals surface area (Å²) in [5.41, 5.74) is 1.54. The van der Waals surface area contributed by atoms with E-state index in [1.54, 1.807) is 6.07 Å². The molecule has 1 amide bonds. The first-order valence-corrected chi connectivity index (χ1v) is 7.38. The highest BCUT2D eigenvalue weighted by Crippen LogP contribution is 2.24. The minimum Gasteiger partial charge on any atom is -0.335 e. The number of carbonyl (C=O) groups is 1. The third-order valence-corrected chi connectivity index (χ3v) is 4.15. The highest BCUT2D eigenvalue weighted by Gasteiger charge is 2.28. The molecule has 1 fully saturated rings. The van der Waals surface area contributed by atoms with E-state index in [2.05, 4.69) is 29.1 Å². The molecule has 1 aromatic heterocycles. The Kier molecular flexibility index (Phi) is 4.06. The average molecular weight is 297 g/mol. The molecule has 114 valence electrons. The molecule has 5 nitrogen and oxygen atoms in total. The van der Waals surface area contributed by atoms with Gasteiger partial charge >= 0.3 is 0 Å². The van der Waals surface area contributed by atoms with Gasteiger partial charge < -0.3 is 9.88 Å². The number of pyridine rings is 1. The number of nitrogens with zero attached hydrogens (tertiary/aromatic N) is 2. The lowest BCUT2D eigenvalue weighted by molar-refractivity contribution is 0.0546. The van der Waals surface area contributed by atoms with E-state index in [1.807, 2.05) is 23.1 Å². The van der Waals surface area contributed by atoms with E-state index in [0.29, 0.717) is 18.7 Å². The summed E-state index contributed by atoms with van der Waals surface area (Å²) in [5.74, 6) is -0.0368. The van der Waals surface area contributed by atoms with Crippen molar-refractivity contribution in [3.8, 4) is 0 Å². The van der Waals surface area contributed by atoms with Crippen LogP contribution in [0, 0.1) is 0 Å². The molecule has 5 heteroatoms. The number of amides is 1. The second kappa shape index (κ2) is 6.15. The molecule has 1 saturated heterocycles. The second-order valence-electron chi connectivity index (χ2n) is 5.60. The summed E-state index contributed by atoms with van der Waals surface area (Å²) in [6.07, 6.45) is 1.49. The molecule has 2 aromatic rings. The van der Waals surface area contributed by atoms with Crippen LogP contribution in [0.25, 0.3) is 0 Å². The fourth-order valence-corrected chi connectivity index (χ4v) is 2.82. The molecule has 2 heterocycles. The standard InChI is InChI=1S/C17H19N3O2/c1-19-9-10-20(12-15(19)13-5-3-2-4-6-13)17(22)14-7-8-16(21)18-11-14/h2-8,11,15H,9-10,12H2,1H3,(H,18,21)/t15-/m0/s1. The van der Waals surface area contributed by atoms with Gasteiger partial charge in [-0.05, 0) is 18.7 Å². The lowest BCUT2D eigenvalue weighted by Gasteiger charge is -2.39. The van der Waals surface area contributed by atoms with Crippen LogP contribution in [-0.2, 0) is 0 Å². The average Bonchev–Trinajstić information content (AvgIpc) is 2.56. The molecular weight excluding hydrogens is 278 g/mol. The molecule has 3 rings (SSSR count). The molecule has 22 heavy (non-hydrogen) atoms. The van der Waals surface area contributed by atoms with Crippen LogP contribution in [0.15, 0.2) is 53.5 Å². The van der Waals surface area contributed by atoms with Gasteiger partial charge in [0.05, 0.1) is 11.6 Å². The Hall–Kier alpha value is -2.40. The Morgan fingerprint density at radius 3 is 2.59 bits per heavy atom. The van der Waals surface area contributed by atoms with Crippen LogP contribution >= 0.6 is 0 Å². The van der Waals surface area contributed by atoms with E-state index in [4.69, 9.17) is 0 Å². The van der Waals surface area contributed by atoms with Gasteiger partial charge in [-0.1, -0.05) is 30.3 Å². The summed E-state index contributed by atoms with van der Waals surface area (Å²) in [5, 5.41) is 0. The summed E-state index contributed by atoms with van der Waals surface area (Å²) >= 11 is 0. The molecule has 0 aliphatic carbocycles. The van der Waals surface area contributed by atoms with Gasteiger partial charge in [-0.3, -0.25) is 14.5 Å². The molecule has 1 aromatic carbocycles. The van der Waals surface area contributed by atoms with Gasteiger partial charge in [-0.15, -0.1) is 0 Å². The number of piperazine rings is 1. The molecule has 0 bridgehead atoms. The van der Waals surface area contributed by atoms with Crippen molar-refractivity contribution in [3.63, 3.8) is 0 Å². The van der Waals surface area contributed by atoms with E-state index < -0.39 is 0 Å². The van der Waals surface area contributed by atoms with Crippen LogP contribution in [0.1, 0.15) is 22.0 Å². The third kappa shape index (κ3) is 2.94. The van der Waals surface area contributed by atoms with E-state index in [0.717, 1.165) is 6.54 Å². The maximum atomic E-state index is 12.6. The van der Waals surface area contributed by atoms with Crippen molar-refractivity contribution in [1.29, 1.82) is 0 Å². The highest BCUT2D eigenvalue weighted by atomic mass is 16.2. The van der Waals surface area contributed by atoms with E-state index in [1.165, 1.54) is 17.8 Å². The van der Waals surface area contributed by atoms with Crippen molar-refractivity contribution in [2.24, 2.45) is 0 Å². The van der Waals surface area contributed by atoms with Crippen LogP contribution in [0.2, 0.25) is 0 Å². The number of H-pyrrole nitrogens is 1. The summed E-state index contributed by atoms with van der Waals surface area (Å²) < 4.78 is 0. The van der Waals surface area contributed by atoms with Gasteiger partial charge in [-0.25, -0.2) is 0 Å². The van der Waals surface area contributed by atoms with Crippen LogP contribution < -0.4 is 5.56 Å². The van der Waals surface area contributed by atoms with Gasteiger partial charge in [-0.2, -0.15) is 0 Å². The minimum atomic E-state index is -0.197. The van der Waals surface area contributed by atoms with Crippen molar-refractivity contribution in [2.75, 3.05) is 26.7 Å². The molecule has 0 unspecified atom stereocenters. The van der Waals surface area contributed by atoms with Crippen molar-refractivity contribution in [2.45, 2.75) is 6.04 Å². The fraction of sp³-hybridized carbons (Fsp3) is 0.294. The Morgan fingerprint density at radius 1 is 1.14 bits per heavy atom. The number of nitrogens with one attached hydrogen (secondary N) is 1. The lowest BCUT2D eigenvalue weighted by atomic mass is 10.0. The first-order chi connectivity index (χ1) is 10.6. The normalized spacial score (nSPS) is 19.1. The number of aromatic nitrogens is 1. The number of likely N-dealkylation sites (N-methyl/N-ethyl adjacent to an activating group) is 1. The molecule has 1 aliphatic rings. The molecule has 0 spiro atoms. The van der Waals surface area contributed by atoms with Crippen molar-refractivity contribution >= 4 is 5.91 Å². The van der Waals surface area contributed by atoms with Gasteiger partial charge in [0.15, 0.2) is 0 Å². The quantitative estimate of drug-likeness (QED) is 0.914. The molecule has 0 saturated carbocycles. The smallest absolute Gasteiger partial charge is 0.255 e. The van der Waals surface area contributed by atoms with Gasteiger partial charge in [0.1, 0.15) is 0 Å². The zero-order valence-electron chi connectivity index (χ0n) is 12.5. The van der Waals surface area contributed by atoms with Crippen LogP contribution in [0.5, 0.6) is 0 Å². The molecule has 1 atom stereocenters.